The Bertz CT molecular complexity index is 692. The van der Waals surface area contributed by atoms with Gasteiger partial charge in [0.15, 0.2) is 6.61 Å². The largest absolute Gasteiger partial charge is 0.483 e. The van der Waals surface area contributed by atoms with E-state index in [1.54, 1.807) is 12.1 Å². The third kappa shape index (κ3) is 4.39. The van der Waals surface area contributed by atoms with Gasteiger partial charge in [0.2, 0.25) is 0 Å². The van der Waals surface area contributed by atoms with Gasteiger partial charge in [-0.1, -0.05) is 6.07 Å². The zero-order valence-electron chi connectivity index (χ0n) is 11.5. The second-order valence-corrected chi connectivity index (χ2v) is 4.54. The third-order valence-electron chi connectivity index (χ3n) is 2.86. The lowest BCUT2D eigenvalue weighted by Gasteiger charge is -2.16. The highest BCUT2D eigenvalue weighted by Crippen LogP contribution is 2.33. The fourth-order valence-electron chi connectivity index (χ4n) is 1.84. The Hall–Kier alpha value is -2.68. The number of non-ortho nitro benzene ring substituents is 1. The van der Waals surface area contributed by atoms with Crippen LogP contribution in [-0.2, 0) is 0 Å². The molecule has 0 saturated heterocycles. The summed E-state index contributed by atoms with van der Waals surface area (Å²) in [6.07, 6.45) is -4.59. The number of nitrogens with zero attached hydrogens (tertiary/aromatic N) is 2. The van der Waals surface area contributed by atoms with Crippen molar-refractivity contribution in [3.8, 4) is 5.75 Å². The van der Waals surface area contributed by atoms with Gasteiger partial charge in [-0.2, -0.15) is 13.2 Å². The summed E-state index contributed by atoms with van der Waals surface area (Å²) in [6.45, 7) is -1.63. The van der Waals surface area contributed by atoms with Gasteiger partial charge in [-0.25, -0.2) is 0 Å². The first kappa shape index (κ1) is 16.7. The zero-order chi connectivity index (χ0) is 17.0. The van der Waals surface area contributed by atoms with Crippen LogP contribution in [0.5, 0.6) is 5.75 Å². The third-order valence-corrected chi connectivity index (χ3v) is 2.86. The van der Waals surface area contributed by atoms with Crippen LogP contribution in [0.4, 0.5) is 18.9 Å². The summed E-state index contributed by atoms with van der Waals surface area (Å²) >= 11 is 0. The standard InChI is InChI=1S/C14H11F3N2O4/c15-14(16,17)8-23-12-7-9(19(21)22)4-5-10(12)13(20)11-3-1-2-6-18-11/h1-7,13,20H,8H2. The van der Waals surface area contributed by atoms with Gasteiger partial charge in [-0.3, -0.25) is 15.1 Å². The van der Waals surface area contributed by atoms with Crippen LogP contribution in [0.3, 0.4) is 0 Å². The maximum Gasteiger partial charge on any atom is 0.422 e. The predicted octanol–water partition coefficient (Wildman–Crippen LogP) is 3.01. The van der Waals surface area contributed by atoms with Crippen LogP contribution < -0.4 is 4.74 Å². The van der Waals surface area contributed by atoms with E-state index in [1.165, 1.54) is 12.3 Å². The molecule has 0 radical (unpaired) electrons. The van der Waals surface area contributed by atoms with E-state index < -0.39 is 35.2 Å². The van der Waals surface area contributed by atoms with E-state index in [0.717, 1.165) is 18.2 Å². The van der Waals surface area contributed by atoms with Gasteiger partial charge >= 0.3 is 6.18 Å². The van der Waals surface area contributed by atoms with Gasteiger partial charge in [-0.15, -0.1) is 0 Å². The zero-order valence-corrected chi connectivity index (χ0v) is 11.5. The van der Waals surface area contributed by atoms with Crippen molar-refractivity contribution in [2.24, 2.45) is 0 Å². The molecule has 1 heterocycles. The Labute approximate surface area is 128 Å². The molecule has 0 amide bonds. The molecule has 0 aliphatic carbocycles. The summed E-state index contributed by atoms with van der Waals surface area (Å²) in [7, 11) is 0. The highest BCUT2D eigenvalue weighted by Gasteiger charge is 2.30. The van der Waals surface area contributed by atoms with E-state index in [0.29, 0.717) is 0 Å². The van der Waals surface area contributed by atoms with Gasteiger partial charge in [0, 0.05) is 17.8 Å². The van der Waals surface area contributed by atoms with E-state index in [2.05, 4.69) is 9.72 Å². The Morgan fingerprint density at radius 3 is 2.61 bits per heavy atom. The Balaban J connectivity index is 2.39. The molecule has 0 aliphatic heterocycles. The lowest BCUT2D eigenvalue weighted by Crippen LogP contribution is -2.20. The minimum atomic E-state index is -4.61. The van der Waals surface area contributed by atoms with E-state index in [1.807, 2.05) is 0 Å². The summed E-state index contributed by atoms with van der Waals surface area (Å²) in [4.78, 5) is 13.9. The maximum absolute atomic E-state index is 12.3. The molecule has 0 fully saturated rings. The second-order valence-electron chi connectivity index (χ2n) is 4.54. The first-order valence-electron chi connectivity index (χ1n) is 6.35. The smallest absolute Gasteiger partial charge is 0.422 e. The fraction of sp³-hybridized carbons (Fsp3) is 0.214. The average Bonchev–Trinajstić information content (AvgIpc) is 2.52. The molecule has 9 heteroatoms. The highest BCUT2D eigenvalue weighted by atomic mass is 19.4. The SMILES string of the molecule is O=[N+]([O-])c1ccc(C(O)c2ccccn2)c(OCC(F)(F)F)c1. The van der Waals surface area contributed by atoms with Crippen LogP contribution in [0.1, 0.15) is 17.4 Å². The summed E-state index contributed by atoms with van der Waals surface area (Å²) in [5.41, 5.74) is -0.309. The Morgan fingerprint density at radius 1 is 1.30 bits per heavy atom. The molecule has 0 saturated carbocycles. The molecular weight excluding hydrogens is 317 g/mol. The minimum absolute atomic E-state index is 0.0430. The van der Waals surface area contributed by atoms with Gasteiger partial charge in [0.05, 0.1) is 16.7 Å². The van der Waals surface area contributed by atoms with Crippen LogP contribution in [0, 0.1) is 10.1 Å². The van der Waals surface area contributed by atoms with Crippen LogP contribution in [0.15, 0.2) is 42.6 Å². The number of alkyl halides is 3. The molecule has 0 aliphatic rings. The molecule has 0 bridgehead atoms. The van der Waals surface area contributed by atoms with Crippen molar-refractivity contribution in [3.05, 3.63) is 64.0 Å². The first-order chi connectivity index (χ1) is 10.8. The van der Waals surface area contributed by atoms with Crippen molar-refractivity contribution < 1.29 is 27.9 Å². The van der Waals surface area contributed by atoms with Crippen molar-refractivity contribution in [2.75, 3.05) is 6.61 Å². The Kier molecular flexibility index (Phi) is 4.80. The molecule has 23 heavy (non-hydrogen) atoms. The molecule has 1 unspecified atom stereocenters. The van der Waals surface area contributed by atoms with Crippen molar-refractivity contribution in [1.82, 2.24) is 4.98 Å². The average molecular weight is 328 g/mol. The number of hydrogen-bond donors (Lipinski definition) is 1. The lowest BCUT2D eigenvalue weighted by atomic mass is 10.0. The molecule has 1 aromatic carbocycles. The van der Waals surface area contributed by atoms with Gasteiger partial charge in [0.1, 0.15) is 11.9 Å². The van der Waals surface area contributed by atoms with Gasteiger partial charge in [-0.05, 0) is 18.2 Å². The number of benzene rings is 1. The number of halogens is 3. The minimum Gasteiger partial charge on any atom is -0.483 e. The molecule has 0 spiro atoms. The number of nitro groups is 1. The van der Waals surface area contributed by atoms with E-state index in [-0.39, 0.29) is 11.3 Å². The van der Waals surface area contributed by atoms with Crippen LogP contribution in [0.25, 0.3) is 0 Å². The summed E-state index contributed by atoms with van der Waals surface area (Å²) in [5.74, 6) is -0.422. The van der Waals surface area contributed by atoms with Gasteiger partial charge < -0.3 is 9.84 Å². The van der Waals surface area contributed by atoms with E-state index in [4.69, 9.17) is 0 Å². The number of ether oxygens (including phenoxy) is 1. The van der Waals surface area contributed by atoms with Crippen LogP contribution >= 0.6 is 0 Å². The van der Waals surface area contributed by atoms with Crippen molar-refractivity contribution in [1.29, 1.82) is 0 Å². The quantitative estimate of drug-likeness (QED) is 0.673. The number of rotatable bonds is 5. The number of nitro benzene ring substituents is 1. The number of hydrogen-bond acceptors (Lipinski definition) is 5. The molecule has 122 valence electrons. The fourth-order valence-corrected chi connectivity index (χ4v) is 1.84. The summed E-state index contributed by atoms with van der Waals surface area (Å²) in [6, 6.07) is 7.72. The topological polar surface area (TPSA) is 85.5 Å². The van der Waals surface area contributed by atoms with Crippen LogP contribution in [-0.4, -0.2) is 27.8 Å². The molecule has 2 rings (SSSR count). The molecule has 1 N–H and O–H groups in total. The molecule has 1 aromatic heterocycles. The summed E-state index contributed by atoms with van der Waals surface area (Å²) < 4.78 is 41.6. The van der Waals surface area contributed by atoms with Crippen LogP contribution in [0.2, 0.25) is 0 Å². The Morgan fingerprint density at radius 2 is 2.04 bits per heavy atom. The normalized spacial score (nSPS) is 12.7. The molecule has 1 atom stereocenters. The predicted molar refractivity (Wildman–Crippen MR) is 72.9 cm³/mol. The maximum atomic E-state index is 12.3. The highest BCUT2D eigenvalue weighted by molar-refractivity contribution is 5.47. The first-order valence-corrected chi connectivity index (χ1v) is 6.35. The van der Waals surface area contributed by atoms with E-state index in [9.17, 15) is 28.4 Å². The molecule has 6 nitrogen and oxygen atoms in total. The molecular formula is C14H11F3N2O4. The van der Waals surface area contributed by atoms with Crippen molar-refractivity contribution in [2.45, 2.75) is 12.3 Å². The molecule has 2 aromatic rings. The monoisotopic (exact) mass is 328 g/mol. The van der Waals surface area contributed by atoms with Crippen molar-refractivity contribution >= 4 is 5.69 Å². The number of aliphatic hydroxyl groups is 1. The van der Waals surface area contributed by atoms with E-state index >= 15 is 0 Å². The van der Waals surface area contributed by atoms with Crippen molar-refractivity contribution in [3.63, 3.8) is 0 Å². The number of aliphatic hydroxyl groups excluding tert-OH is 1. The lowest BCUT2D eigenvalue weighted by molar-refractivity contribution is -0.385. The number of aromatic nitrogens is 1. The summed E-state index contributed by atoms with van der Waals surface area (Å²) in [5, 5.41) is 21.0. The number of pyridine rings is 1. The van der Waals surface area contributed by atoms with Gasteiger partial charge in [0.25, 0.3) is 5.69 Å². The second kappa shape index (κ2) is 6.61.